The maximum absolute atomic E-state index is 11.0. The molecule has 4 nitrogen and oxygen atoms in total. The Morgan fingerprint density at radius 2 is 1.55 bits per heavy atom. The van der Waals surface area contributed by atoms with E-state index >= 15 is 0 Å². The monoisotopic (exact) mass is 270 g/mol. The summed E-state index contributed by atoms with van der Waals surface area (Å²) in [6.07, 6.45) is 0.898. The summed E-state index contributed by atoms with van der Waals surface area (Å²) >= 11 is 0. The van der Waals surface area contributed by atoms with E-state index in [9.17, 15) is 4.79 Å². The summed E-state index contributed by atoms with van der Waals surface area (Å²) in [7, 11) is 0. The Kier molecular flexibility index (Phi) is 4.38. The van der Waals surface area contributed by atoms with Gasteiger partial charge >= 0.3 is 0 Å². The lowest BCUT2D eigenvalue weighted by molar-refractivity contribution is 0.100. The number of carbonyl (C=O) groups is 1. The van der Waals surface area contributed by atoms with Crippen LogP contribution in [0, 0.1) is 0 Å². The van der Waals surface area contributed by atoms with Gasteiger partial charge in [-0.25, -0.2) is 0 Å². The van der Waals surface area contributed by atoms with Gasteiger partial charge in [0.1, 0.15) is 11.5 Å². The molecule has 0 saturated carbocycles. The number of amides is 1. The highest BCUT2D eigenvalue weighted by Gasteiger charge is 2.04. The minimum absolute atomic E-state index is 0.0545. The summed E-state index contributed by atoms with van der Waals surface area (Å²) in [6.45, 7) is 2.05. The van der Waals surface area contributed by atoms with Crippen LogP contribution in [0.15, 0.2) is 48.5 Å². The fourth-order valence-electron chi connectivity index (χ4n) is 1.84. The minimum Gasteiger partial charge on any atom is -0.457 e. The lowest BCUT2D eigenvalue weighted by Gasteiger charge is -2.10. The Morgan fingerprint density at radius 3 is 2.00 bits per heavy atom. The molecule has 104 valence electrons. The van der Waals surface area contributed by atoms with Gasteiger partial charge in [0, 0.05) is 11.6 Å². The molecule has 2 rings (SSSR count). The second kappa shape index (κ2) is 6.21. The predicted molar refractivity (Wildman–Crippen MR) is 78.7 cm³/mol. The number of hydrogen-bond donors (Lipinski definition) is 2. The second-order valence-corrected chi connectivity index (χ2v) is 4.57. The van der Waals surface area contributed by atoms with Crippen LogP contribution in [0.25, 0.3) is 0 Å². The van der Waals surface area contributed by atoms with E-state index in [0.29, 0.717) is 11.3 Å². The van der Waals surface area contributed by atoms with Crippen molar-refractivity contribution in [3.05, 3.63) is 59.7 Å². The molecule has 0 spiro atoms. The zero-order chi connectivity index (χ0) is 14.5. The van der Waals surface area contributed by atoms with Crippen molar-refractivity contribution in [3.63, 3.8) is 0 Å². The van der Waals surface area contributed by atoms with Crippen LogP contribution in [0.4, 0.5) is 0 Å². The molecule has 0 unspecified atom stereocenters. The van der Waals surface area contributed by atoms with E-state index < -0.39 is 5.91 Å². The first-order valence-corrected chi connectivity index (χ1v) is 6.53. The van der Waals surface area contributed by atoms with Crippen molar-refractivity contribution < 1.29 is 9.53 Å². The van der Waals surface area contributed by atoms with E-state index in [0.717, 1.165) is 17.7 Å². The highest BCUT2D eigenvalue weighted by molar-refractivity contribution is 5.92. The molecule has 0 aliphatic carbocycles. The third kappa shape index (κ3) is 3.36. The Morgan fingerprint density at radius 1 is 1.05 bits per heavy atom. The topological polar surface area (TPSA) is 78.3 Å². The predicted octanol–water partition coefficient (Wildman–Crippen LogP) is 2.99. The number of nitrogens with two attached hydrogens (primary N) is 2. The lowest BCUT2D eigenvalue weighted by Crippen LogP contribution is -2.10. The summed E-state index contributed by atoms with van der Waals surface area (Å²) < 4.78 is 5.69. The highest BCUT2D eigenvalue weighted by atomic mass is 16.5. The van der Waals surface area contributed by atoms with E-state index in [2.05, 4.69) is 6.92 Å². The first-order chi connectivity index (χ1) is 9.60. The van der Waals surface area contributed by atoms with Crippen LogP contribution in [0.1, 0.15) is 35.3 Å². The number of hydrogen-bond acceptors (Lipinski definition) is 3. The van der Waals surface area contributed by atoms with Crippen molar-refractivity contribution in [1.29, 1.82) is 0 Å². The van der Waals surface area contributed by atoms with Crippen molar-refractivity contribution in [3.8, 4) is 11.5 Å². The SMILES string of the molecule is CC[C@H](N)c1ccc(Oc2ccc(C(N)=O)cc2)cc1. The Bertz CT molecular complexity index is 576. The molecule has 2 aromatic rings. The first kappa shape index (κ1) is 14.1. The average molecular weight is 270 g/mol. The molecule has 0 bridgehead atoms. The van der Waals surface area contributed by atoms with Gasteiger partial charge in [0.05, 0.1) is 0 Å². The molecule has 0 aromatic heterocycles. The second-order valence-electron chi connectivity index (χ2n) is 4.57. The van der Waals surface area contributed by atoms with Gasteiger partial charge in [0.2, 0.25) is 5.91 Å². The molecule has 0 saturated heterocycles. The lowest BCUT2D eigenvalue weighted by atomic mass is 10.1. The van der Waals surface area contributed by atoms with Crippen LogP contribution in [-0.2, 0) is 0 Å². The zero-order valence-corrected chi connectivity index (χ0v) is 11.4. The summed E-state index contributed by atoms with van der Waals surface area (Å²) in [4.78, 5) is 11.0. The smallest absolute Gasteiger partial charge is 0.248 e. The molecule has 1 atom stereocenters. The van der Waals surface area contributed by atoms with Gasteiger partial charge in [-0.05, 0) is 48.4 Å². The highest BCUT2D eigenvalue weighted by Crippen LogP contribution is 2.23. The first-order valence-electron chi connectivity index (χ1n) is 6.53. The van der Waals surface area contributed by atoms with E-state index in [-0.39, 0.29) is 6.04 Å². The zero-order valence-electron chi connectivity index (χ0n) is 11.4. The third-order valence-electron chi connectivity index (χ3n) is 3.12. The quantitative estimate of drug-likeness (QED) is 0.876. The Labute approximate surface area is 118 Å². The van der Waals surface area contributed by atoms with Crippen LogP contribution in [0.5, 0.6) is 11.5 Å². The summed E-state index contributed by atoms with van der Waals surface area (Å²) in [5.74, 6) is 0.931. The molecule has 0 fully saturated rings. The van der Waals surface area contributed by atoms with Crippen molar-refractivity contribution >= 4 is 5.91 Å². The fraction of sp³-hybridized carbons (Fsp3) is 0.188. The number of ether oxygens (including phenoxy) is 1. The molecule has 0 radical (unpaired) electrons. The number of benzene rings is 2. The van der Waals surface area contributed by atoms with Gasteiger partial charge in [0.25, 0.3) is 0 Å². The van der Waals surface area contributed by atoms with E-state index in [1.165, 1.54) is 0 Å². The maximum atomic E-state index is 11.0. The van der Waals surface area contributed by atoms with Crippen LogP contribution in [0.2, 0.25) is 0 Å². The molecule has 4 heteroatoms. The molecule has 2 aromatic carbocycles. The van der Waals surface area contributed by atoms with Gasteiger partial charge in [-0.2, -0.15) is 0 Å². The fourth-order valence-corrected chi connectivity index (χ4v) is 1.84. The van der Waals surface area contributed by atoms with Gasteiger partial charge in [-0.3, -0.25) is 4.79 Å². The van der Waals surface area contributed by atoms with Crippen LogP contribution in [-0.4, -0.2) is 5.91 Å². The average Bonchev–Trinajstić information content (AvgIpc) is 2.48. The van der Waals surface area contributed by atoms with Crippen molar-refractivity contribution in [2.24, 2.45) is 11.5 Å². The van der Waals surface area contributed by atoms with Crippen LogP contribution < -0.4 is 16.2 Å². The standard InChI is InChI=1S/C16H18N2O2/c1-2-15(17)11-3-7-13(8-4-11)20-14-9-5-12(6-10-14)16(18)19/h3-10,15H,2,17H2,1H3,(H2,18,19)/t15-/m0/s1. The van der Waals surface area contributed by atoms with Crippen molar-refractivity contribution in [1.82, 2.24) is 0 Å². The third-order valence-corrected chi connectivity index (χ3v) is 3.12. The Balaban J connectivity index is 2.08. The molecule has 1 amide bonds. The van der Waals surface area contributed by atoms with Gasteiger partial charge in [-0.1, -0.05) is 19.1 Å². The number of rotatable bonds is 5. The van der Waals surface area contributed by atoms with Crippen LogP contribution in [0.3, 0.4) is 0 Å². The van der Waals surface area contributed by atoms with Crippen LogP contribution >= 0.6 is 0 Å². The molecule has 20 heavy (non-hydrogen) atoms. The molecule has 0 aliphatic rings. The molecule has 0 heterocycles. The maximum Gasteiger partial charge on any atom is 0.248 e. The van der Waals surface area contributed by atoms with E-state index in [1.54, 1.807) is 24.3 Å². The van der Waals surface area contributed by atoms with Crippen molar-refractivity contribution in [2.75, 3.05) is 0 Å². The van der Waals surface area contributed by atoms with Crippen molar-refractivity contribution in [2.45, 2.75) is 19.4 Å². The molecule has 0 aliphatic heterocycles. The minimum atomic E-state index is -0.450. The summed E-state index contributed by atoms with van der Waals surface area (Å²) in [5.41, 5.74) is 12.7. The normalized spacial score (nSPS) is 11.9. The summed E-state index contributed by atoms with van der Waals surface area (Å²) in [6, 6.07) is 14.4. The number of primary amides is 1. The van der Waals surface area contributed by atoms with Gasteiger partial charge in [-0.15, -0.1) is 0 Å². The number of carbonyl (C=O) groups excluding carboxylic acids is 1. The summed E-state index contributed by atoms with van der Waals surface area (Å²) in [5, 5.41) is 0. The largest absolute Gasteiger partial charge is 0.457 e. The molecule has 4 N–H and O–H groups in total. The molecular weight excluding hydrogens is 252 g/mol. The molecular formula is C16H18N2O2. The van der Waals surface area contributed by atoms with E-state index in [4.69, 9.17) is 16.2 Å². The Hall–Kier alpha value is -2.33. The van der Waals surface area contributed by atoms with Gasteiger partial charge < -0.3 is 16.2 Å². The van der Waals surface area contributed by atoms with Gasteiger partial charge in [0.15, 0.2) is 0 Å². The van der Waals surface area contributed by atoms with E-state index in [1.807, 2.05) is 24.3 Å².